The highest BCUT2D eigenvalue weighted by molar-refractivity contribution is 5.81. The van der Waals surface area contributed by atoms with Gasteiger partial charge in [-0.25, -0.2) is 0 Å². The highest BCUT2D eigenvalue weighted by Crippen LogP contribution is 2.18. The van der Waals surface area contributed by atoms with Crippen molar-refractivity contribution in [2.45, 2.75) is 19.4 Å². The van der Waals surface area contributed by atoms with Gasteiger partial charge in [0.05, 0.1) is 0 Å². The zero-order valence-electron chi connectivity index (χ0n) is 9.53. The Kier molecular flexibility index (Phi) is 3.86. The van der Waals surface area contributed by atoms with E-state index >= 15 is 0 Å². The minimum absolute atomic E-state index is 0.316. The molecule has 1 rings (SSSR count). The molecule has 0 aliphatic heterocycles. The lowest BCUT2D eigenvalue weighted by molar-refractivity contribution is -0.122. The summed E-state index contributed by atoms with van der Waals surface area (Å²) in [5.74, 6) is -0.316. The molecule has 0 fully saturated rings. The molecule has 0 saturated carbocycles. The monoisotopic (exact) mass is 206 g/mol. The van der Waals surface area contributed by atoms with Crippen LogP contribution in [-0.2, 0) is 11.2 Å². The standard InChI is InChI=1S/C12H18N2O/c1-4-9-5-7-10(8-6-9)11(12(13)15)14(2)3/h5-8,11H,4H2,1-3H3,(H2,13,15). The molecule has 0 aliphatic carbocycles. The number of hydrogen-bond acceptors (Lipinski definition) is 2. The molecule has 1 amide bonds. The van der Waals surface area contributed by atoms with Crippen LogP contribution < -0.4 is 5.73 Å². The molecule has 82 valence electrons. The lowest BCUT2D eigenvalue weighted by atomic mass is 10.0. The molecule has 0 aliphatic rings. The van der Waals surface area contributed by atoms with Crippen molar-refractivity contribution in [3.63, 3.8) is 0 Å². The van der Waals surface area contributed by atoms with Crippen molar-refractivity contribution >= 4 is 5.91 Å². The Bertz CT molecular complexity index is 330. The van der Waals surface area contributed by atoms with Gasteiger partial charge in [-0.2, -0.15) is 0 Å². The highest BCUT2D eigenvalue weighted by atomic mass is 16.1. The van der Waals surface area contributed by atoms with Gasteiger partial charge in [-0.15, -0.1) is 0 Å². The van der Waals surface area contributed by atoms with Gasteiger partial charge in [0.1, 0.15) is 6.04 Å². The fourth-order valence-electron chi connectivity index (χ4n) is 1.65. The average Bonchev–Trinajstić information content (AvgIpc) is 2.18. The van der Waals surface area contributed by atoms with Crippen molar-refractivity contribution in [3.05, 3.63) is 35.4 Å². The van der Waals surface area contributed by atoms with E-state index in [-0.39, 0.29) is 11.9 Å². The van der Waals surface area contributed by atoms with Crippen molar-refractivity contribution in [2.24, 2.45) is 5.73 Å². The minimum atomic E-state index is -0.337. The van der Waals surface area contributed by atoms with Gasteiger partial charge in [0.25, 0.3) is 0 Å². The van der Waals surface area contributed by atoms with Gasteiger partial charge in [-0.1, -0.05) is 31.2 Å². The van der Waals surface area contributed by atoms with Crippen LogP contribution in [0.25, 0.3) is 0 Å². The van der Waals surface area contributed by atoms with Gasteiger partial charge in [0, 0.05) is 0 Å². The summed E-state index contributed by atoms with van der Waals surface area (Å²) in [5, 5.41) is 0. The second kappa shape index (κ2) is 4.94. The molecule has 0 bridgehead atoms. The Hall–Kier alpha value is -1.35. The normalized spacial score (nSPS) is 12.8. The summed E-state index contributed by atoms with van der Waals surface area (Å²) in [5.41, 5.74) is 7.57. The summed E-state index contributed by atoms with van der Waals surface area (Å²) in [6.07, 6.45) is 1.00. The highest BCUT2D eigenvalue weighted by Gasteiger charge is 2.19. The Labute approximate surface area is 90.9 Å². The zero-order chi connectivity index (χ0) is 11.4. The molecule has 0 radical (unpaired) electrons. The van der Waals surface area contributed by atoms with Crippen LogP contribution in [0.2, 0.25) is 0 Å². The molecule has 1 aromatic carbocycles. The predicted octanol–water partition coefficient (Wildman–Crippen LogP) is 1.34. The van der Waals surface area contributed by atoms with Crippen molar-refractivity contribution in [1.29, 1.82) is 0 Å². The van der Waals surface area contributed by atoms with Crippen LogP contribution in [0.1, 0.15) is 24.1 Å². The smallest absolute Gasteiger partial charge is 0.239 e. The van der Waals surface area contributed by atoms with E-state index < -0.39 is 0 Å². The van der Waals surface area contributed by atoms with Crippen molar-refractivity contribution < 1.29 is 4.79 Å². The first-order valence-electron chi connectivity index (χ1n) is 5.10. The SMILES string of the molecule is CCc1ccc(C(C(N)=O)N(C)C)cc1. The maximum atomic E-state index is 11.3. The van der Waals surface area contributed by atoms with E-state index in [0.29, 0.717) is 0 Å². The number of carbonyl (C=O) groups is 1. The first kappa shape index (κ1) is 11.7. The summed E-state index contributed by atoms with van der Waals surface area (Å²) >= 11 is 0. The number of benzene rings is 1. The summed E-state index contributed by atoms with van der Waals surface area (Å²) in [4.78, 5) is 13.1. The van der Waals surface area contributed by atoms with Gasteiger partial charge in [0.2, 0.25) is 5.91 Å². The molecule has 1 aromatic rings. The largest absolute Gasteiger partial charge is 0.368 e. The number of primary amides is 1. The Balaban J connectivity index is 2.97. The second-order valence-electron chi connectivity index (χ2n) is 3.86. The second-order valence-corrected chi connectivity index (χ2v) is 3.86. The van der Waals surface area contributed by atoms with Crippen LogP contribution in [0.3, 0.4) is 0 Å². The third-order valence-electron chi connectivity index (χ3n) is 2.49. The van der Waals surface area contributed by atoms with Crippen LogP contribution in [0, 0.1) is 0 Å². The first-order valence-corrected chi connectivity index (χ1v) is 5.10. The summed E-state index contributed by atoms with van der Waals surface area (Å²) in [6.45, 7) is 2.10. The molecule has 2 N–H and O–H groups in total. The third-order valence-corrected chi connectivity index (χ3v) is 2.49. The lowest BCUT2D eigenvalue weighted by Crippen LogP contribution is -2.32. The van der Waals surface area contributed by atoms with Gasteiger partial charge >= 0.3 is 0 Å². The fraction of sp³-hybridized carbons (Fsp3) is 0.417. The molecule has 0 aromatic heterocycles. The molecular formula is C12H18N2O. The molecule has 3 nitrogen and oxygen atoms in total. The maximum Gasteiger partial charge on any atom is 0.239 e. The van der Waals surface area contributed by atoms with Crippen molar-refractivity contribution in [1.82, 2.24) is 4.90 Å². The fourth-order valence-corrected chi connectivity index (χ4v) is 1.65. The average molecular weight is 206 g/mol. The van der Waals surface area contributed by atoms with Crippen molar-refractivity contribution in [2.75, 3.05) is 14.1 Å². The van der Waals surface area contributed by atoms with Crippen LogP contribution in [0.4, 0.5) is 0 Å². The molecule has 15 heavy (non-hydrogen) atoms. The predicted molar refractivity (Wildman–Crippen MR) is 61.4 cm³/mol. The van der Waals surface area contributed by atoms with Gasteiger partial charge < -0.3 is 5.73 Å². The van der Waals surface area contributed by atoms with E-state index in [9.17, 15) is 4.79 Å². The molecule has 0 spiro atoms. The molecular weight excluding hydrogens is 188 g/mol. The van der Waals surface area contributed by atoms with Gasteiger partial charge in [0.15, 0.2) is 0 Å². The van der Waals surface area contributed by atoms with E-state index in [1.807, 2.05) is 43.3 Å². The topological polar surface area (TPSA) is 46.3 Å². The Morgan fingerprint density at radius 1 is 1.33 bits per heavy atom. The number of carbonyl (C=O) groups excluding carboxylic acids is 1. The van der Waals surface area contributed by atoms with E-state index in [1.54, 1.807) is 0 Å². The number of aryl methyl sites for hydroxylation is 1. The zero-order valence-corrected chi connectivity index (χ0v) is 9.53. The minimum Gasteiger partial charge on any atom is -0.368 e. The number of hydrogen-bond donors (Lipinski definition) is 1. The summed E-state index contributed by atoms with van der Waals surface area (Å²) in [7, 11) is 3.70. The van der Waals surface area contributed by atoms with Crippen LogP contribution in [0.5, 0.6) is 0 Å². The van der Waals surface area contributed by atoms with Gasteiger partial charge in [-0.05, 0) is 31.6 Å². The Morgan fingerprint density at radius 2 is 1.87 bits per heavy atom. The molecule has 0 heterocycles. The number of nitrogens with zero attached hydrogens (tertiary/aromatic N) is 1. The van der Waals surface area contributed by atoms with Crippen LogP contribution in [-0.4, -0.2) is 24.9 Å². The van der Waals surface area contributed by atoms with Crippen LogP contribution in [0.15, 0.2) is 24.3 Å². The quantitative estimate of drug-likeness (QED) is 0.808. The van der Waals surface area contributed by atoms with Crippen LogP contribution >= 0.6 is 0 Å². The Morgan fingerprint density at radius 3 is 2.20 bits per heavy atom. The number of nitrogens with two attached hydrogens (primary N) is 1. The molecule has 3 heteroatoms. The van der Waals surface area contributed by atoms with E-state index in [1.165, 1.54) is 5.56 Å². The molecule has 1 atom stereocenters. The third kappa shape index (κ3) is 2.80. The first-order chi connectivity index (χ1) is 7.06. The van der Waals surface area contributed by atoms with E-state index in [4.69, 9.17) is 5.73 Å². The van der Waals surface area contributed by atoms with E-state index in [2.05, 4.69) is 6.92 Å². The van der Waals surface area contributed by atoms with Gasteiger partial charge in [-0.3, -0.25) is 9.69 Å². The lowest BCUT2D eigenvalue weighted by Gasteiger charge is -2.21. The number of amides is 1. The number of likely N-dealkylation sites (N-methyl/N-ethyl adjacent to an activating group) is 1. The van der Waals surface area contributed by atoms with Crippen molar-refractivity contribution in [3.8, 4) is 0 Å². The summed E-state index contributed by atoms with van der Waals surface area (Å²) in [6, 6.07) is 7.67. The van der Waals surface area contributed by atoms with E-state index in [0.717, 1.165) is 12.0 Å². The molecule has 1 unspecified atom stereocenters. The molecule has 0 saturated heterocycles. The maximum absolute atomic E-state index is 11.3. The summed E-state index contributed by atoms with van der Waals surface area (Å²) < 4.78 is 0. The number of rotatable bonds is 4.